The second-order valence-corrected chi connectivity index (χ2v) is 6.27. The standard InChI is InChI=1S/C14H18ClN5O/c1-14(2,3)11(8-20-5-4-16-9-20)19-13(21)10-6-17-7-12(15)18-10/h4-7,9,11H,8H2,1-3H3,(H,19,21). The first-order chi connectivity index (χ1) is 9.86. The van der Waals surface area contributed by atoms with E-state index in [0.29, 0.717) is 6.54 Å². The van der Waals surface area contributed by atoms with Gasteiger partial charge in [-0.15, -0.1) is 0 Å². The molecule has 21 heavy (non-hydrogen) atoms. The maximum absolute atomic E-state index is 12.3. The predicted molar refractivity (Wildman–Crippen MR) is 80.0 cm³/mol. The number of amides is 1. The molecule has 7 heteroatoms. The summed E-state index contributed by atoms with van der Waals surface area (Å²) in [6, 6.07) is -0.0834. The van der Waals surface area contributed by atoms with Crippen LogP contribution in [-0.2, 0) is 6.54 Å². The van der Waals surface area contributed by atoms with Crippen LogP contribution in [0.3, 0.4) is 0 Å². The summed E-state index contributed by atoms with van der Waals surface area (Å²) in [5.41, 5.74) is 0.0914. The maximum atomic E-state index is 12.3. The zero-order chi connectivity index (χ0) is 15.5. The third-order valence-electron chi connectivity index (χ3n) is 3.14. The Bertz CT molecular complexity index is 606. The van der Waals surface area contributed by atoms with Gasteiger partial charge in [-0.2, -0.15) is 0 Å². The monoisotopic (exact) mass is 307 g/mol. The van der Waals surface area contributed by atoms with Gasteiger partial charge >= 0.3 is 0 Å². The highest BCUT2D eigenvalue weighted by Crippen LogP contribution is 2.21. The molecule has 112 valence electrons. The number of nitrogens with one attached hydrogen (secondary N) is 1. The molecule has 0 saturated heterocycles. The third-order valence-corrected chi connectivity index (χ3v) is 3.32. The molecule has 0 aliphatic rings. The number of imidazole rings is 1. The topological polar surface area (TPSA) is 72.7 Å². The van der Waals surface area contributed by atoms with Crippen molar-refractivity contribution in [1.82, 2.24) is 24.8 Å². The average Bonchev–Trinajstić information content (AvgIpc) is 2.89. The minimum atomic E-state index is -0.287. The summed E-state index contributed by atoms with van der Waals surface area (Å²) >= 11 is 5.76. The highest BCUT2D eigenvalue weighted by atomic mass is 35.5. The second kappa shape index (κ2) is 6.22. The molecule has 2 aromatic rings. The molecule has 0 aliphatic heterocycles. The van der Waals surface area contributed by atoms with E-state index in [2.05, 4.69) is 41.0 Å². The normalized spacial score (nSPS) is 13.0. The Morgan fingerprint density at radius 2 is 2.14 bits per heavy atom. The zero-order valence-corrected chi connectivity index (χ0v) is 13.0. The van der Waals surface area contributed by atoms with E-state index in [1.54, 1.807) is 12.5 Å². The summed E-state index contributed by atoms with van der Waals surface area (Å²) in [5, 5.41) is 3.19. The molecule has 0 saturated carbocycles. The van der Waals surface area contributed by atoms with Gasteiger partial charge in [0.2, 0.25) is 0 Å². The number of carbonyl (C=O) groups is 1. The minimum absolute atomic E-state index is 0.0834. The van der Waals surface area contributed by atoms with Crippen LogP contribution >= 0.6 is 11.6 Å². The molecule has 0 radical (unpaired) electrons. The quantitative estimate of drug-likeness (QED) is 0.939. The lowest BCUT2D eigenvalue weighted by atomic mass is 9.86. The van der Waals surface area contributed by atoms with Gasteiger partial charge in [0.15, 0.2) is 0 Å². The molecular weight excluding hydrogens is 290 g/mol. The second-order valence-electron chi connectivity index (χ2n) is 5.88. The Balaban J connectivity index is 2.13. The van der Waals surface area contributed by atoms with Gasteiger partial charge in [-0.1, -0.05) is 32.4 Å². The number of halogens is 1. The van der Waals surface area contributed by atoms with E-state index >= 15 is 0 Å². The van der Waals surface area contributed by atoms with Crippen LogP contribution in [0.4, 0.5) is 0 Å². The number of hydrogen-bond acceptors (Lipinski definition) is 4. The van der Waals surface area contributed by atoms with Crippen molar-refractivity contribution in [2.24, 2.45) is 5.41 Å². The van der Waals surface area contributed by atoms with Crippen molar-refractivity contribution >= 4 is 17.5 Å². The summed E-state index contributed by atoms with van der Waals surface area (Å²) in [6.07, 6.45) is 8.10. The SMILES string of the molecule is CC(C)(C)C(Cn1ccnc1)NC(=O)c1cncc(Cl)n1. The lowest BCUT2D eigenvalue weighted by molar-refractivity contribution is 0.0887. The highest BCUT2D eigenvalue weighted by molar-refractivity contribution is 6.29. The fraction of sp³-hybridized carbons (Fsp3) is 0.429. The maximum Gasteiger partial charge on any atom is 0.271 e. The van der Waals surface area contributed by atoms with Crippen molar-refractivity contribution in [2.75, 3.05) is 0 Å². The zero-order valence-electron chi connectivity index (χ0n) is 12.2. The Morgan fingerprint density at radius 3 is 2.71 bits per heavy atom. The Labute approximate surface area is 128 Å². The Kier molecular flexibility index (Phi) is 4.57. The van der Waals surface area contributed by atoms with E-state index in [1.165, 1.54) is 12.4 Å². The molecule has 6 nitrogen and oxygen atoms in total. The Hall–Kier alpha value is -1.95. The molecule has 0 spiro atoms. The summed E-state index contributed by atoms with van der Waals surface area (Å²) in [6.45, 7) is 6.83. The number of rotatable bonds is 4. The van der Waals surface area contributed by atoms with Gasteiger partial charge in [0.05, 0.1) is 24.8 Å². The van der Waals surface area contributed by atoms with Gasteiger partial charge in [0, 0.05) is 18.9 Å². The summed E-state index contributed by atoms with van der Waals surface area (Å²) in [5.74, 6) is -0.287. The van der Waals surface area contributed by atoms with E-state index in [1.807, 2.05) is 10.8 Å². The van der Waals surface area contributed by atoms with Crippen molar-refractivity contribution in [1.29, 1.82) is 0 Å². The Morgan fingerprint density at radius 1 is 1.38 bits per heavy atom. The van der Waals surface area contributed by atoms with E-state index in [-0.39, 0.29) is 28.2 Å². The molecule has 0 aromatic carbocycles. The van der Waals surface area contributed by atoms with E-state index < -0.39 is 0 Å². The van der Waals surface area contributed by atoms with Crippen LogP contribution in [-0.4, -0.2) is 31.5 Å². The molecule has 2 rings (SSSR count). The van der Waals surface area contributed by atoms with Crippen LogP contribution in [0.15, 0.2) is 31.1 Å². The van der Waals surface area contributed by atoms with Crippen LogP contribution in [0.5, 0.6) is 0 Å². The van der Waals surface area contributed by atoms with Crippen molar-refractivity contribution in [3.8, 4) is 0 Å². The van der Waals surface area contributed by atoms with Gasteiger partial charge in [-0.3, -0.25) is 9.78 Å². The first-order valence-electron chi connectivity index (χ1n) is 6.60. The summed E-state index contributed by atoms with van der Waals surface area (Å²) in [4.78, 5) is 24.2. The smallest absolute Gasteiger partial charge is 0.271 e. The molecule has 2 aromatic heterocycles. The molecular formula is C14H18ClN5O. The number of carbonyl (C=O) groups excluding carboxylic acids is 1. The first-order valence-corrected chi connectivity index (χ1v) is 6.98. The van der Waals surface area contributed by atoms with Crippen molar-refractivity contribution < 1.29 is 4.79 Å². The lowest BCUT2D eigenvalue weighted by Gasteiger charge is -2.31. The molecule has 1 atom stereocenters. The van der Waals surface area contributed by atoms with Crippen molar-refractivity contribution in [2.45, 2.75) is 33.4 Å². The van der Waals surface area contributed by atoms with Gasteiger partial charge in [-0.05, 0) is 5.41 Å². The molecule has 0 bridgehead atoms. The van der Waals surface area contributed by atoms with Crippen molar-refractivity contribution in [3.05, 3.63) is 42.0 Å². The third kappa shape index (κ3) is 4.26. The van der Waals surface area contributed by atoms with Crippen LogP contribution in [0, 0.1) is 5.41 Å². The average molecular weight is 308 g/mol. The van der Waals surface area contributed by atoms with E-state index in [4.69, 9.17) is 11.6 Å². The largest absolute Gasteiger partial charge is 0.346 e. The molecule has 1 N–H and O–H groups in total. The molecule has 1 unspecified atom stereocenters. The van der Waals surface area contributed by atoms with Crippen LogP contribution in [0.1, 0.15) is 31.3 Å². The van der Waals surface area contributed by atoms with Gasteiger partial charge < -0.3 is 9.88 Å². The molecule has 0 aliphatic carbocycles. The molecule has 1 amide bonds. The van der Waals surface area contributed by atoms with Gasteiger partial charge in [0.1, 0.15) is 10.8 Å². The summed E-state index contributed by atoms with van der Waals surface area (Å²) < 4.78 is 1.93. The molecule has 0 fully saturated rings. The van der Waals surface area contributed by atoms with Gasteiger partial charge in [0.25, 0.3) is 5.91 Å². The number of nitrogens with zero attached hydrogens (tertiary/aromatic N) is 4. The number of hydrogen-bond donors (Lipinski definition) is 1. The lowest BCUT2D eigenvalue weighted by Crippen LogP contribution is -2.46. The summed E-state index contributed by atoms with van der Waals surface area (Å²) in [7, 11) is 0. The van der Waals surface area contributed by atoms with Crippen LogP contribution in [0.2, 0.25) is 5.15 Å². The minimum Gasteiger partial charge on any atom is -0.346 e. The van der Waals surface area contributed by atoms with E-state index in [9.17, 15) is 4.79 Å². The van der Waals surface area contributed by atoms with Gasteiger partial charge in [-0.25, -0.2) is 9.97 Å². The highest BCUT2D eigenvalue weighted by Gasteiger charge is 2.27. The first kappa shape index (κ1) is 15.4. The fourth-order valence-corrected chi connectivity index (χ4v) is 1.97. The van der Waals surface area contributed by atoms with E-state index in [0.717, 1.165) is 0 Å². The van der Waals surface area contributed by atoms with Crippen LogP contribution < -0.4 is 5.32 Å². The molecule has 2 heterocycles. The predicted octanol–water partition coefficient (Wildman–Crippen LogP) is 2.17. The number of aromatic nitrogens is 4. The van der Waals surface area contributed by atoms with Crippen molar-refractivity contribution in [3.63, 3.8) is 0 Å². The van der Waals surface area contributed by atoms with Crippen LogP contribution in [0.25, 0.3) is 0 Å². The fourth-order valence-electron chi connectivity index (χ4n) is 1.83.